The molecule has 0 aliphatic heterocycles. The second-order valence-electron chi connectivity index (χ2n) is 8.36. The molecule has 156 valence electrons. The van der Waals surface area contributed by atoms with Crippen molar-refractivity contribution in [3.05, 3.63) is 0 Å². The predicted molar refractivity (Wildman–Crippen MR) is 91.1 cm³/mol. The van der Waals surface area contributed by atoms with Gasteiger partial charge in [0.2, 0.25) is 0 Å². The van der Waals surface area contributed by atoms with Gasteiger partial charge in [0.05, 0.1) is 24.9 Å². The molecule has 1 rings (SSSR count). The van der Waals surface area contributed by atoms with Crippen LogP contribution in [0.3, 0.4) is 0 Å². The topological polar surface area (TPSA) is 171 Å². The van der Waals surface area contributed by atoms with Gasteiger partial charge in [0.15, 0.2) is 0 Å². The zero-order chi connectivity index (χ0) is 20.2. The highest BCUT2D eigenvalue weighted by Gasteiger charge is 2.46. The van der Waals surface area contributed by atoms with Crippen LogP contribution in [0.15, 0.2) is 0 Å². The van der Waals surface area contributed by atoms with Gasteiger partial charge in [-0.05, 0) is 18.3 Å². The molecule has 9 nitrogen and oxygen atoms in total. The van der Waals surface area contributed by atoms with Gasteiger partial charge >= 0.3 is 0 Å². The van der Waals surface area contributed by atoms with Crippen LogP contribution in [-0.4, -0.2) is 103 Å². The Labute approximate surface area is 153 Å². The summed E-state index contributed by atoms with van der Waals surface area (Å²) < 4.78 is 5.55. The summed E-state index contributed by atoms with van der Waals surface area (Å²) in [5.74, 6) is -0.762. The van der Waals surface area contributed by atoms with Crippen LogP contribution in [0.2, 0.25) is 0 Å². The van der Waals surface area contributed by atoms with Crippen LogP contribution >= 0.6 is 0 Å². The maximum Gasteiger partial charge on any atom is 0.114 e. The SMILES string of the molecule is CC(C)(C)C[C@@H](O)[C@@H](O)[C@H](O[C@@H]1C[C@H](CO)[C@H](O)[C@H](O)[C@H]1O)[C@H](O)CO. The van der Waals surface area contributed by atoms with Crippen LogP contribution < -0.4 is 0 Å². The lowest BCUT2D eigenvalue weighted by molar-refractivity contribution is -0.226. The van der Waals surface area contributed by atoms with E-state index in [1.54, 1.807) is 0 Å². The van der Waals surface area contributed by atoms with Crippen molar-refractivity contribution >= 4 is 0 Å². The van der Waals surface area contributed by atoms with Crippen LogP contribution in [0.4, 0.5) is 0 Å². The van der Waals surface area contributed by atoms with Crippen LogP contribution in [0.1, 0.15) is 33.6 Å². The number of aliphatic hydroxyl groups is 8. The molecule has 0 spiro atoms. The molecular weight excluding hydrogens is 348 g/mol. The van der Waals surface area contributed by atoms with Gasteiger partial charge in [-0.25, -0.2) is 0 Å². The summed E-state index contributed by atoms with van der Waals surface area (Å²) in [6.07, 6.45) is -11.2. The first-order chi connectivity index (χ1) is 11.9. The third kappa shape index (κ3) is 6.08. The number of hydrogen-bond donors (Lipinski definition) is 8. The van der Waals surface area contributed by atoms with Crippen molar-refractivity contribution in [2.24, 2.45) is 11.3 Å². The van der Waals surface area contributed by atoms with Gasteiger partial charge in [0, 0.05) is 12.5 Å². The molecule has 0 heterocycles. The first kappa shape index (κ1) is 23.7. The minimum Gasteiger partial charge on any atom is -0.396 e. The molecule has 1 fully saturated rings. The molecule has 8 N–H and O–H groups in total. The number of rotatable bonds is 8. The lowest BCUT2D eigenvalue weighted by atomic mass is 9.81. The van der Waals surface area contributed by atoms with E-state index in [-0.39, 0.29) is 18.3 Å². The Hall–Kier alpha value is -0.360. The number of ether oxygens (including phenoxy) is 1. The van der Waals surface area contributed by atoms with Gasteiger partial charge in [0.1, 0.15) is 30.5 Å². The van der Waals surface area contributed by atoms with E-state index in [1.807, 2.05) is 20.8 Å². The van der Waals surface area contributed by atoms with E-state index < -0.39 is 68.0 Å². The Morgan fingerprint density at radius 2 is 1.50 bits per heavy atom. The summed E-state index contributed by atoms with van der Waals surface area (Å²) >= 11 is 0. The number of hydrogen-bond acceptors (Lipinski definition) is 9. The largest absolute Gasteiger partial charge is 0.396 e. The molecule has 0 aromatic carbocycles. The highest BCUT2D eigenvalue weighted by Crippen LogP contribution is 2.30. The van der Waals surface area contributed by atoms with Crippen molar-refractivity contribution < 1.29 is 45.6 Å². The maximum absolute atomic E-state index is 10.4. The molecule has 26 heavy (non-hydrogen) atoms. The smallest absolute Gasteiger partial charge is 0.114 e. The fourth-order valence-electron chi connectivity index (χ4n) is 3.27. The molecule has 0 aromatic rings. The zero-order valence-electron chi connectivity index (χ0n) is 15.5. The van der Waals surface area contributed by atoms with E-state index in [2.05, 4.69) is 0 Å². The van der Waals surface area contributed by atoms with Crippen molar-refractivity contribution in [3.8, 4) is 0 Å². The van der Waals surface area contributed by atoms with Gasteiger partial charge < -0.3 is 45.6 Å². The first-order valence-electron chi connectivity index (χ1n) is 8.88. The van der Waals surface area contributed by atoms with Crippen molar-refractivity contribution in [1.29, 1.82) is 0 Å². The molecule has 1 aliphatic carbocycles. The fraction of sp³-hybridized carbons (Fsp3) is 1.00. The van der Waals surface area contributed by atoms with Crippen molar-refractivity contribution in [1.82, 2.24) is 0 Å². The monoisotopic (exact) mass is 382 g/mol. The Balaban J connectivity index is 2.93. The molecule has 0 bridgehead atoms. The summed E-state index contributed by atoms with van der Waals surface area (Å²) in [5.41, 5.74) is -0.318. The molecule has 0 saturated heterocycles. The molecule has 0 aromatic heterocycles. The van der Waals surface area contributed by atoms with Crippen LogP contribution in [0, 0.1) is 11.3 Å². The molecule has 9 heteroatoms. The van der Waals surface area contributed by atoms with Gasteiger partial charge in [-0.1, -0.05) is 20.8 Å². The fourth-order valence-corrected chi connectivity index (χ4v) is 3.27. The highest BCUT2D eigenvalue weighted by molar-refractivity contribution is 4.95. The normalized spacial score (nSPS) is 35.0. The second-order valence-corrected chi connectivity index (χ2v) is 8.36. The molecule has 9 atom stereocenters. The van der Waals surface area contributed by atoms with Gasteiger partial charge in [-0.3, -0.25) is 0 Å². The third-order valence-corrected chi connectivity index (χ3v) is 4.78. The summed E-state index contributed by atoms with van der Waals surface area (Å²) in [6, 6.07) is 0. The third-order valence-electron chi connectivity index (χ3n) is 4.78. The summed E-state index contributed by atoms with van der Waals surface area (Å²) in [4.78, 5) is 0. The van der Waals surface area contributed by atoms with Crippen molar-refractivity contribution in [2.45, 2.75) is 82.4 Å². The summed E-state index contributed by atoms with van der Waals surface area (Å²) in [7, 11) is 0. The van der Waals surface area contributed by atoms with Crippen LogP contribution in [0.5, 0.6) is 0 Å². The minimum absolute atomic E-state index is 0.0351. The van der Waals surface area contributed by atoms with E-state index >= 15 is 0 Å². The summed E-state index contributed by atoms with van der Waals surface area (Å²) in [6.45, 7) is 4.37. The van der Waals surface area contributed by atoms with Gasteiger partial charge in [0.25, 0.3) is 0 Å². The minimum atomic E-state index is -1.57. The van der Waals surface area contributed by atoms with Crippen LogP contribution in [0.25, 0.3) is 0 Å². The van der Waals surface area contributed by atoms with Crippen LogP contribution in [-0.2, 0) is 4.74 Å². The Morgan fingerprint density at radius 1 is 0.923 bits per heavy atom. The maximum atomic E-state index is 10.4. The number of aliphatic hydroxyl groups excluding tert-OH is 8. The molecule has 0 unspecified atom stereocenters. The van der Waals surface area contributed by atoms with Gasteiger partial charge in [-0.15, -0.1) is 0 Å². The predicted octanol–water partition coefficient (Wildman–Crippen LogP) is -2.65. The standard InChI is InChI=1S/C17H34O9/c1-17(2,3)5-9(20)13(23)16(10(21)7-19)26-11-4-8(6-18)12(22)15(25)14(11)24/h8-16,18-25H,4-7H2,1-3H3/t8-,9-,10-,11-,12+,13-,14+,15+,16-/m1/s1. The van der Waals surface area contributed by atoms with Crippen molar-refractivity contribution in [2.75, 3.05) is 13.2 Å². The average molecular weight is 382 g/mol. The van der Waals surface area contributed by atoms with E-state index in [1.165, 1.54) is 0 Å². The highest BCUT2D eigenvalue weighted by atomic mass is 16.5. The molecular formula is C17H34O9. The van der Waals surface area contributed by atoms with E-state index in [9.17, 15) is 40.9 Å². The molecule has 1 aliphatic rings. The lowest BCUT2D eigenvalue weighted by Crippen LogP contribution is -2.58. The van der Waals surface area contributed by atoms with E-state index in [4.69, 9.17) is 4.74 Å². The molecule has 1 saturated carbocycles. The van der Waals surface area contributed by atoms with Crippen molar-refractivity contribution in [3.63, 3.8) is 0 Å². The summed E-state index contributed by atoms with van der Waals surface area (Å²) in [5, 5.41) is 79.1. The first-order valence-corrected chi connectivity index (χ1v) is 8.88. The second kappa shape index (κ2) is 9.72. The molecule has 0 radical (unpaired) electrons. The quantitative estimate of drug-likeness (QED) is 0.223. The Bertz CT molecular complexity index is 412. The Morgan fingerprint density at radius 3 is 1.96 bits per heavy atom. The molecule has 0 amide bonds. The van der Waals surface area contributed by atoms with Gasteiger partial charge in [-0.2, -0.15) is 0 Å². The average Bonchev–Trinajstić information content (AvgIpc) is 2.56. The zero-order valence-corrected chi connectivity index (χ0v) is 15.5. The van der Waals surface area contributed by atoms with E-state index in [0.29, 0.717) is 0 Å². The van der Waals surface area contributed by atoms with E-state index in [0.717, 1.165) is 0 Å². The lowest BCUT2D eigenvalue weighted by Gasteiger charge is -2.42. The Kier molecular flexibility index (Phi) is 8.85.